The van der Waals surface area contributed by atoms with Crippen LogP contribution >= 0.6 is 15.9 Å². The molecule has 0 aromatic rings. The molecular weight excluding hydrogens is 196 g/mol. The number of allylic oxidation sites excluding steroid dienone is 1. The summed E-state index contributed by atoms with van der Waals surface area (Å²) in [5, 5.41) is 8.20. The van der Waals surface area contributed by atoms with E-state index in [1.54, 1.807) is 6.08 Å². The van der Waals surface area contributed by atoms with Gasteiger partial charge in [0.05, 0.1) is 0 Å². The second-order valence-electron chi connectivity index (χ2n) is 1.98. The van der Waals surface area contributed by atoms with Crippen LogP contribution in [-0.4, -0.2) is 15.9 Å². The summed E-state index contributed by atoms with van der Waals surface area (Å²) in [6, 6.07) is 0. The minimum atomic E-state index is -0.879. The van der Waals surface area contributed by atoms with E-state index in [1.807, 2.05) is 6.92 Å². The van der Waals surface area contributed by atoms with Crippen molar-refractivity contribution >= 4 is 21.9 Å². The number of carbonyl (C=O) groups is 1. The molecule has 0 aromatic heterocycles. The third-order valence-corrected chi connectivity index (χ3v) is 2.12. The molecule has 0 aliphatic rings. The predicted octanol–water partition coefficient (Wildman–Crippen LogP) is 2.19. The van der Waals surface area contributed by atoms with Gasteiger partial charge in [0.25, 0.3) is 0 Å². The van der Waals surface area contributed by atoms with Gasteiger partial charge in [0.15, 0.2) is 0 Å². The quantitative estimate of drug-likeness (QED) is 0.566. The number of halogens is 1. The van der Waals surface area contributed by atoms with Crippen LogP contribution in [0.15, 0.2) is 12.2 Å². The van der Waals surface area contributed by atoms with Crippen LogP contribution in [0.5, 0.6) is 0 Å². The van der Waals surface area contributed by atoms with E-state index in [-0.39, 0.29) is 0 Å². The Balaban J connectivity index is 3.43. The van der Waals surface area contributed by atoms with Crippen molar-refractivity contribution in [2.24, 2.45) is 0 Å². The molecule has 58 valence electrons. The third-order valence-electron chi connectivity index (χ3n) is 1.10. The Hall–Kier alpha value is -0.310. The Labute approximate surface area is 69.1 Å². The Morgan fingerprint density at radius 3 is 2.80 bits per heavy atom. The fourth-order valence-corrected chi connectivity index (χ4v) is 0.699. The maximum atomic E-state index is 9.97. The van der Waals surface area contributed by atoms with Crippen LogP contribution in [0.1, 0.15) is 19.8 Å². The van der Waals surface area contributed by atoms with Gasteiger partial charge in [-0.15, -0.1) is 0 Å². The number of carboxylic acid groups (broad SMARTS) is 1. The first-order valence-corrected chi connectivity index (χ1v) is 4.12. The predicted molar refractivity (Wildman–Crippen MR) is 44.4 cm³/mol. The Kier molecular flexibility index (Phi) is 5.30. The fraction of sp³-hybridized carbons (Fsp3) is 0.571. The highest BCUT2D eigenvalue weighted by Crippen LogP contribution is 2.09. The van der Waals surface area contributed by atoms with Gasteiger partial charge in [-0.1, -0.05) is 28.9 Å². The third kappa shape index (κ3) is 5.82. The zero-order valence-electron chi connectivity index (χ0n) is 5.88. The second kappa shape index (κ2) is 5.47. The van der Waals surface area contributed by atoms with Crippen molar-refractivity contribution in [2.45, 2.75) is 24.6 Å². The number of hydrogen-bond acceptors (Lipinski definition) is 1. The molecule has 1 atom stereocenters. The van der Waals surface area contributed by atoms with Gasteiger partial charge in [-0.2, -0.15) is 0 Å². The van der Waals surface area contributed by atoms with E-state index in [1.165, 1.54) is 6.08 Å². The highest BCUT2D eigenvalue weighted by atomic mass is 79.9. The zero-order valence-corrected chi connectivity index (χ0v) is 7.47. The fourth-order valence-electron chi connectivity index (χ4n) is 0.483. The van der Waals surface area contributed by atoms with Crippen molar-refractivity contribution in [3.05, 3.63) is 12.2 Å². The van der Waals surface area contributed by atoms with E-state index in [9.17, 15) is 4.79 Å². The van der Waals surface area contributed by atoms with Gasteiger partial charge in [0.1, 0.15) is 0 Å². The van der Waals surface area contributed by atoms with Gasteiger partial charge in [-0.3, -0.25) is 0 Å². The van der Waals surface area contributed by atoms with Gasteiger partial charge in [0.2, 0.25) is 0 Å². The molecule has 0 bridgehead atoms. The summed E-state index contributed by atoms with van der Waals surface area (Å²) in [5.41, 5.74) is 0. The molecule has 0 amide bonds. The van der Waals surface area contributed by atoms with Crippen LogP contribution in [0.4, 0.5) is 0 Å². The van der Waals surface area contributed by atoms with Crippen molar-refractivity contribution in [1.82, 2.24) is 0 Å². The second-order valence-corrected chi connectivity index (χ2v) is 3.28. The topological polar surface area (TPSA) is 37.3 Å². The van der Waals surface area contributed by atoms with Crippen LogP contribution < -0.4 is 0 Å². The van der Waals surface area contributed by atoms with Crippen LogP contribution in [0.2, 0.25) is 0 Å². The lowest BCUT2D eigenvalue weighted by molar-refractivity contribution is -0.131. The number of rotatable bonds is 4. The van der Waals surface area contributed by atoms with Crippen LogP contribution in [-0.2, 0) is 4.79 Å². The zero-order chi connectivity index (χ0) is 7.98. The van der Waals surface area contributed by atoms with E-state index >= 15 is 0 Å². The molecule has 0 heterocycles. The molecule has 0 saturated carbocycles. The maximum absolute atomic E-state index is 9.97. The largest absolute Gasteiger partial charge is 0.478 e. The van der Waals surface area contributed by atoms with Crippen LogP contribution in [0.25, 0.3) is 0 Å². The lowest BCUT2D eigenvalue weighted by atomic mass is 10.2. The number of alkyl halides is 1. The van der Waals surface area contributed by atoms with Crippen molar-refractivity contribution in [3.8, 4) is 0 Å². The number of aliphatic carboxylic acids is 1. The first kappa shape index (κ1) is 9.69. The normalized spacial score (nSPS) is 13.8. The molecule has 0 spiro atoms. The van der Waals surface area contributed by atoms with Gasteiger partial charge in [-0.05, 0) is 12.8 Å². The molecule has 0 rings (SSSR count). The van der Waals surface area contributed by atoms with Crippen molar-refractivity contribution < 1.29 is 9.90 Å². The molecule has 0 aliphatic carbocycles. The van der Waals surface area contributed by atoms with Gasteiger partial charge >= 0.3 is 5.97 Å². The van der Waals surface area contributed by atoms with Crippen molar-refractivity contribution in [2.75, 3.05) is 0 Å². The molecule has 0 saturated heterocycles. The SMILES string of the molecule is CCC(Br)CC=CC(=O)O. The first-order chi connectivity index (χ1) is 4.66. The molecule has 1 unspecified atom stereocenters. The van der Waals surface area contributed by atoms with Crippen molar-refractivity contribution in [3.63, 3.8) is 0 Å². The first-order valence-electron chi connectivity index (χ1n) is 3.20. The summed E-state index contributed by atoms with van der Waals surface area (Å²) in [6.45, 7) is 2.05. The summed E-state index contributed by atoms with van der Waals surface area (Å²) in [6.07, 6.45) is 4.63. The highest BCUT2D eigenvalue weighted by molar-refractivity contribution is 9.09. The maximum Gasteiger partial charge on any atom is 0.327 e. The lowest BCUT2D eigenvalue weighted by Crippen LogP contribution is -1.93. The summed E-state index contributed by atoms with van der Waals surface area (Å²) in [7, 11) is 0. The van der Waals surface area contributed by atoms with Gasteiger partial charge in [0, 0.05) is 10.9 Å². The van der Waals surface area contributed by atoms with E-state index < -0.39 is 5.97 Å². The minimum absolute atomic E-state index is 0.406. The summed E-state index contributed by atoms with van der Waals surface area (Å²) >= 11 is 3.38. The van der Waals surface area contributed by atoms with Gasteiger partial charge < -0.3 is 5.11 Å². The number of carboxylic acids is 1. The molecule has 3 heteroatoms. The summed E-state index contributed by atoms with van der Waals surface area (Å²) < 4.78 is 0. The summed E-state index contributed by atoms with van der Waals surface area (Å²) in [5.74, 6) is -0.879. The Bertz CT molecular complexity index is 132. The van der Waals surface area contributed by atoms with E-state index in [0.717, 1.165) is 12.8 Å². The molecule has 0 aliphatic heterocycles. The molecule has 0 radical (unpaired) electrons. The molecule has 10 heavy (non-hydrogen) atoms. The molecule has 0 fully saturated rings. The molecule has 1 N–H and O–H groups in total. The minimum Gasteiger partial charge on any atom is -0.478 e. The van der Waals surface area contributed by atoms with E-state index in [0.29, 0.717) is 4.83 Å². The molecular formula is C7H11BrO2. The number of hydrogen-bond donors (Lipinski definition) is 1. The highest BCUT2D eigenvalue weighted by Gasteiger charge is 1.95. The standard InChI is InChI=1S/C7H11BrO2/c1-2-6(8)4-3-5-7(9)10/h3,5-6H,2,4H2,1H3,(H,9,10). The smallest absolute Gasteiger partial charge is 0.327 e. The molecule has 2 nitrogen and oxygen atoms in total. The average Bonchev–Trinajstić information content (AvgIpc) is 1.87. The Morgan fingerprint density at radius 2 is 2.40 bits per heavy atom. The van der Waals surface area contributed by atoms with Crippen LogP contribution in [0, 0.1) is 0 Å². The van der Waals surface area contributed by atoms with E-state index in [4.69, 9.17) is 5.11 Å². The monoisotopic (exact) mass is 206 g/mol. The van der Waals surface area contributed by atoms with E-state index in [2.05, 4.69) is 15.9 Å². The summed E-state index contributed by atoms with van der Waals surface area (Å²) in [4.78, 5) is 10.4. The van der Waals surface area contributed by atoms with Crippen molar-refractivity contribution in [1.29, 1.82) is 0 Å². The van der Waals surface area contributed by atoms with Gasteiger partial charge in [-0.25, -0.2) is 4.79 Å². The molecule has 0 aromatic carbocycles. The van der Waals surface area contributed by atoms with Crippen LogP contribution in [0.3, 0.4) is 0 Å². The average molecular weight is 207 g/mol. The lowest BCUT2D eigenvalue weighted by Gasteiger charge is -1.98. The Morgan fingerprint density at radius 1 is 1.80 bits per heavy atom.